The Morgan fingerprint density at radius 1 is 1.14 bits per heavy atom. The molecule has 0 aromatic rings. The van der Waals surface area contributed by atoms with E-state index in [9.17, 15) is 0 Å². The minimum Gasteiger partial charge on any atom is -0.264 e. The maximum atomic E-state index is 8.74. The molecule has 4 radical (unpaired) electrons. The summed E-state index contributed by atoms with van der Waals surface area (Å²) in [5.41, 5.74) is 0. The van der Waals surface area contributed by atoms with E-state index in [0.717, 1.165) is 0 Å². The Hall–Kier alpha value is 0.669. The molecular weight excluding hydrogens is 227 g/mol. The summed E-state index contributed by atoms with van der Waals surface area (Å²) in [6.45, 7) is 0. The molecule has 4 nitrogen and oxygen atoms in total. The third-order valence-electron chi connectivity index (χ3n) is 0. The van der Waals surface area contributed by atoms with Gasteiger partial charge in [-0.05, 0) is 0 Å². The van der Waals surface area contributed by atoms with Crippen LogP contribution in [0.3, 0.4) is 0 Å². The molecule has 0 aliphatic carbocycles. The Morgan fingerprint density at radius 2 is 1.14 bits per heavy atom. The zero-order chi connectivity index (χ0) is 4.50. The molecule has 0 fully saturated rings. The SMILES string of the molecule is C.O=S(=O)(O)O.[Sn]. The molecule has 2 N–H and O–H groups in total. The molecule has 0 saturated heterocycles. The van der Waals surface area contributed by atoms with Crippen molar-refractivity contribution in [1.82, 2.24) is 0 Å². The Balaban J connectivity index is -0.0000000800. The summed E-state index contributed by atoms with van der Waals surface area (Å²) in [6.07, 6.45) is 0. The minimum absolute atomic E-state index is 0. The van der Waals surface area contributed by atoms with Crippen LogP contribution >= 0.6 is 0 Å². The van der Waals surface area contributed by atoms with E-state index in [1.54, 1.807) is 0 Å². The van der Waals surface area contributed by atoms with E-state index >= 15 is 0 Å². The first kappa shape index (κ1) is 15.6. The third kappa shape index (κ3) is 325. The maximum absolute atomic E-state index is 8.74. The quantitative estimate of drug-likeness (QED) is 0.441. The summed E-state index contributed by atoms with van der Waals surface area (Å²) in [5.74, 6) is 0. The molecule has 0 saturated carbocycles. The van der Waals surface area contributed by atoms with Crippen LogP contribution < -0.4 is 0 Å². The first-order valence-corrected chi connectivity index (χ1v) is 2.10. The van der Waals surface area contributed by atoms with Crippen molar-refractivity contribution in [2.24, 2.45) is 0 Å². The van der Waals surface area contributed by atoms with Crippen molar-refractivity contribution in [3.8, 4) is 0 Å². The van der Waals surface area contributed by atoms with Gasteiger partial charge in [0.1, 0.15) is 0 Å². The smallest absolute Gasteiger partial charge is 0.264 e. The first-order chi connectivity index (χ1) is 2.00. The monoisotopic (exact) mass is 234 g/mol. The van der Waals surface area contributed by atoms with Crippen molar-refractivity contribution in [3.63, 3.8) is 0 Å². The number of hydrogen-bond donors (Lipinski definition) is 2. The second-order valence-electron chi connectivity index (χ2n) is 0.448. The Bertz CT molecular complexity index is 94.9. The molecule has 0 heterocycles. The average molecular weight is 233 g/mol. The van der Waals surface area contributed by atoms with E-state index in [-0.39, 0.29) is 31.3 Å². The van der Waals surface area contributed by atoms with Crippen LogP contribution in [0.15, 0.2) is 0 Å². The predicted octanol–water partition coefficient (Wildman–Crippen LogP) is -0.398. The Labute approximate surface area is 59.5 Å². The number of hydrogen-bond acceptors (Lipinski definition) is 2. The van der Waals surface area contributed by atoms with E-state index in [0.29, 0.717) is 0 Å². The first-order valence-electron chi connectivity index (χ1n) is 0.698. The Morgan fingerprint density at radius 3 is 1.14 bits per heavy atom. The summed E-state index contributed by atoms with van der Waals surface area (Å²) in [5, 5.41) is 0. The molecule has 0 rings (SSSR count). The van der Waals surface area contributed by atoms with Gasteiger partial charge in [0, 0.05) is 23.9 Å². The van der Waals surface area contributed by atoms with Gasteiger partial charge in [-0.2, -0.15) is 8.42 Å². The molecule has 0 spiro atoms. The van der Waals surface area contributed by atoms with E-state index in [2.05, 4.69) is 0 Å². The van der Waals surface area contributed by atoms with Gasteiger partial charge in [0.05, 0.1) is 0 Å². The predicted molar refractivity (Wildman–Crippen MR) is 26.7 cm³/mol. The van der Waals surface area contributed by atoms with E-state index in [1.165, 1.54) is 0 Å². The van der Waals surface area contributed by atoms with Crippen LogP contribution in [0, 0.1) is 0 Å². The summed E-state index contributed by atoms with van der Waals surface area (Å²) in [4.78, 5) is 0. The fourth-order valence-corrected chi connectivity index (χ4v) is 0. The molecule has 0 atom stereocenters. The standard InChI is InChI=1S/CH4.H2O4S.Sn/c;1-5(2,3)4;/h1H4;(H2,1,2,3,4);. The molecule has 0 bridgehead atoms. The van der Waals surface area contributed by atoms with Gasteiger partial charge in [0.25, 0.3) is 0 Å². The Kier molecular flexibility index (Phi) is 10.8. The van der Waals surface area contributed by atoms with Crippen molar-refractivity contribution in [2.75, 3.05) is 0 Å². The summed E-state index contributed by atoms with van der Waals surface area (Å²) in [7, 11) is -4.67. The molecule has 6 heteroatoms. The molecule has 7 heavy (non-hydrogen) atoms. The van der Waals surface area contributed by atoms with Gasteiger partial charge in [-0.3, -0.25) is 9.11 Å². The normalized spacial score (nSPS) is 8.29. The van der Waals surface area contributed by atoms with Crippen LogP contribution in [0.4, 0.5) is 0 Å². The van der Waals surface area contributed by atoms with Gasteiger partial charge in [-0.25, -0.2) is 0 Å². The molecule has 0 aromatic heterocycles. The van der Waals surface area contributed by atoms with Gasteiger partial charge in [-0.15, -0.1) is 0 Å². The van der Waals surface area contributed by atoms with Crippen LogP contribution in [0.25, 0.3) is 0 Å². The van der Waals surface area contributed by atoms with E-state index in [4.69, 9.17) is 17.5 Å². The van der Waals surface area contributed by atoms with Gasteiger partial charge in [-0.1, -0.05) is 7.43 Å². The molecular formula is CH6O4SSn. The zero-order valence-electron chi connectivity index (χ0n) is 2.62. The minimum atomic E-state index is -4.67. The fourth-order valence-electron chi connectivity index (χ4n) is 0. The molecule has 44 valence electrons. The zero-order valence-corrected chi connectivity index (χ0v) is 6.29. The van der Waals surface area contributed by atoms with Crippen LogP contribution in [-0.4, -0.2) is 41.4 Å². The second-order valence-corrected chi connectivity index (χ2v) is 1.34. The topological polar surface area (TPSA) is 74.6 Å². The molecule has 0 unspecified atom stereocenters. The molecule has 0 aliphatic rings. The fraction of sp³-hybridized carbons (Fsp3) is 1.00. The van der Waals surface area contributed by atoms with Crippen LogP contribution in [-0.2, 0) is 10.4 Å². The number of rotatable bonds is 0. The van der Waals surface area contributed by atoms with E-state index in [1.807, 2.05) is 0 Å². The van der Waals surface area contributed by atoms with Crippen molar-refractivity contribution >= 4 is 34.3 Å². The summed E-state index contributed by atoms with van der Waals surface area (Å²) in [6, 6.07) is 0. The van der Waals surface area contributed by atoms with Gasteiger partial charge < -0.3 is 0 Å². The van der Waals surface area contributed by atoms with Crippen molar-refractivity contribution in [3.05, 3.63) is 0 Å². The molecule has 0 aliphatic heterocycles. The largest absolute Gasteiger partial charge is 0.394 e. The molecule has 0 aromatic carbocycles. The third-order valence-corrected chi connectivity index (χ3v) is 0. The van der Waals surface area contributed by atoms with Crippen molar-refractivity contribution in [2.45, 2.75) is 7.43 Å². The van der Waals surface area contributed by atoms with Crippen LogP contribution in [0.1, 0.15) is 7.43 Å². The summed E-state index contributed by atoms with van der Waals surface area (Å²) >= 11 is 0. The van der Waals surface area contributed by atoms with E-state index < -0.39 is 10.4 Å². The molecule has 0 amide bonds. The van der Waals surface area contributed by atoms with Crippen LogP contribution in [0.2, 0.25) is 0 Å². The summed E-state index contributed by atoms with van der Waals surface area (Å²) < 4.78 is 31.6. The average Bonchev–Trinajstić information content (AvgIpc) is 0.722. The van der Waals surface area contributed by atoms with Gasteiger partial charge >= 0.3 is 10.4 Å². The van der Waals surface area contributed by atoms with Crippen molar-refractivity contribution < 1.29 is 17.5 Å². The van der Waals surface area contributed by atoms with Crippen LogP contribution in [0.5, 0.6) is 0 Å². The van der Waals surface area contributed by atoms with Gasteiger partial charge in [0.2, 0.25) is 0 Å². The maximum Gasteiger partial charge on any atom is 0.394 e. The van der Waals surface area contributed by atoms with Crippen molar-refractivity contribution in [1.29, 1.82) is 0 Å². The second kappa shape index (κ2) is 4.82. The van der Waals surface area contributed by atoms with Gasteiger partial charge in [0.15, 0.2) is 0 Å².